The van der Waals surface area contributed by atoms with Crippen LogP contribution in [-0.2, 0) is 9.53 Å². The molecule has 0 saturated carbocycles. The zero-order valence-corrected chi connectivity index (χ0v) is 10.5. The smallest absolute Gasteiger partial charge is 0.310 e. The number of carbonyl (C=O) groups excluding carboxylic acids is 1. The molecule has 2 atom stereocenters. The van der Waals surface area contributed by atoms with Crippen molar-refractivity contribution < 1.29 is 9.53 Å². The lowest BCUT2D eigenvalue weighted by molar-refractivity contribution is -0.146. The van der Waals surface area contributed by atoms with E-state index in [0.717, 1.165) is 23.6 Å². The monoisotopic (exact) mass is 253 g/mol. The molecular weight excluding hydrogens is 238 g/mol. The molecule has 17 heavy (non-hydrogen) atoms. The van der Waals surface area contributed by atoms with Crippen LogP contribution < -0.4 is 5.32 Å². The molecule has 1 fully saturated rings. The number of esters is 1. The number of benzene rings is 1. The van der Waals surface area contributed by atoms with Gasteiger partial charge < -0.3 is 10.1 Å². The van der Waals surface area contributed by atoms with Crippen molar-refractivity contribution in [3.05, 3.63) is 34.9 Å². The Morgan fingerprint density at radius 2 is 2.12 bits per heavy atom. The van der Waals surface area contributed by atoms with E-state index in [1.165, 1.54) is 7.11 Å². The van der Waals surface area contributed by atoms with Crippen molar-refractivity contribution >= 4 is 17.6 Å². The number of halogens is 1. The molecule has 2 unspecified atom stereocenters. The molecular formula is C13H16ClNO2. The Morgan fingerprint density at radius 1 is 1.41 bits per heavy atom. The largest absolute Gasteiger partial charge is 0.469 e. The predicted octanol–water partition coefficient (Wildman–Crippen LogP) is 2.21. The first-order valence-corrected chi connectivity index (χ1v) is 6.14. The summed E-state index contributed by atoms with van der Waals surface area (Å²) >= 11 is 5.87. The molecule has 3 nitrogen and oxygen atoms in total. The lowest BCUT2D eigenvalue weighted by Gasteiger charge is -2.30. The van der Waals surface area contributed by atoms with Gasteiger partial charge in [0.2, 0.25) is 0 Å². The summed E-state index contributed by atoms with van der Waals surface area (Å²) in [6.07, 6.45) is 0.946. The summed E-state index contributed by atoms with van der Waals surface area (Å²) in [5, 5.41) is 3.95. The van der Waals surface area contributed by atoms with E-state index in [1.807, 2.05) is 24.3 Å². The average Bonchev–Trinajstić information content (AvgIpc) is 2.39. The van der Waals surface area contributed by atoms with E-state index < -0.39 is 0 Å². The third-order valence-corrected chi connectivity index (χ3v) is 3.54. The van der Waals surface area contributed by atoms with Crippen LogP contribution in [0.15, 0.2) is 24.3 Å². The first kappa shape index (κ1) is 12.4. The Morgan fingerprint density at radius 3 is 2.76 bits per heavy atom. The van der Waals surface area contributed by atoms with Gasteiger partial charge in [-0.05, 0) is 36.6 Å². The van der Waals surface area contributed by atoms with Crippen molar-refractivity contribution in [1.29, 1.82) is 0 Å². The van der Waals surface area contributed by atoms with Crippen molar-refractivity contribution in [1.82, 2.24) is 5.32 Å². The first-order valence-electron chi connectivity index (χ1n) is 5.76. The minimum atomic E-state index is -0.142. The number of carbonyl (C=O) groups is 1. The lowest BCUT2D eigenvalue weighted by Crippen LogP contribution is -2.40. The Hall–Kier alpha value is -1.06. The minimum absolute atomic E-state index is 0.102. The summed E-state index contributed by atoms with van der Waals surface area (Å²) in [6, 6.07) is 7.73. The predicted molar refractivity (Wildman–Crippen MR) is 67.2 cm³/mol. The zero-order chi connectivity index (χ0) is 12.3. The molecule has 4 heteroatoms. The fourth-order valence-corrected chi connectivity index (χ4v) is 2.49. The number of hydrogen-bond donors (Lipinski definition) is 1. The fraction of sp³-hybridized carbons (Fsp3) is 0.462. The second-order valence-corrected chi connectivity index (χ2v) is 4.72. The van der Waals surface area contributed by atoms with Crippen LogP contribution in [0.2, 0.25) is 5.02 Å². The van der Waals surface area contributed by atoms with Gasteiger partial charge in [-0.25, -0.2) is 0 Å². The zero-order valence-electron chi connectivity index (χ0n) is 9.78. The second-order valence-electron chi connectivity index (χ2n) is 4.28. The molecule has 0 spiro atoms. The third kappa shape index (κ3) is 2.79. The summed E-state index contributed by atoms with van der Waals surface area (Å²) in [5.41, 5.74) is 1.16. The van der Waals surface area contributed by atoms with Crippen molar-refractivity contribution in [2.45, 2.75) is 12.3 Å². The molecule has 0 aliphatic carbocycles. The highest BCUT2D eigenvalue weighted by atomic mass is 35.5. The molecule has 1 N–H and O–H groups in total. The molecule has 1 aromatic carbocycles. The second kappa shape index (κ2) is 5.52. The Labute approximate surface area is 106 Å². The van der Waals surface area contributed by atoms with Gasteiger partial charge >= 0.3 is 5.97 Å². The maximum atomic E-state index is 11.7. The molecule has 1 saturated heterocycles. The van der Waals surface area contributed by atoms with Crippen molar-refractivity contribution in [2.75, 3.05) is 20.2 Å². The maximum Gasteiger partial charge on any atom is 0.310 e. The number of ether oxygens (including phenoxy) is 1. The van der Waals surface area contributed by atoms with Crippen LogP contribution in [0.3, 0.4) is 0 Å². The van der Waals surface area contributed by atoms with Crippen LogP contribution in [0.4, 0.5) is 0 Å². The normalized spacial score (nSPS) is 24.4. The SMILES string of the molecule is COC(=O)C1CNCCC1c1ccc(Cl)cc1. The molecule has 2 rings (SSSR count). The summed E-state index contributed by atoms with van der Waals surface area (Å²) in [4.78, 5) is 11.7. The van der Waals surface area contributed by atoms with E-state index in [-0.39, 0.29) is 17.8 Å². The van der Waals surface area contributed by atoms with Crippen molar-refractivity contribution in [2.24, 2.45) is 5.92 Å². The van der Waals surface area contributed by atoms with Gasteiger partial charge in [-0.1, -0.05) is 23.7 Å². The maximum absolute atomic E-state index is 11.7. The van der Waals surface area contributed by atoms with E-state index in [1.54, 1.807) is 0 Å². The highest BCUT2D eigenvalue weighted by Gasteiger charge is 2.32. The molecule has 0 amide bonds. The Bertz CT molecular complexity index is 391. The van der Waals surface area contributed by atoms with Crippen LogP contribution in [0, 0.1) is 5.92 Å². The molecule has 92 valence electrons. The van der Waals surface area contributed by atoms with Crippen molar-refractivity contribution in [3.8, 4) is 0 Å². The molecule has 0 radical (unpaired) electrons. The number of hydrogen-bond acceptors (Lipinski definition) is 3. The van der Waals surface area contributed by atoms with E-state index in [4.69, 9.17) is 16.3 Å². The molecule has 1 heterocycles. The van der Waals surface area contributed by atoms with Gasteiger partial charge in [-0.3, -0.25) is 4.79 Å². The van der Waals surface area contributed by atoms with Crippen LogP contribution in [0.1, 0.15) is 17.9 Å². The number of nitrogens with one attached hydrogen (secondary N) is 1. The Balaban J connectivity index is 2.21. The lowest BCUT2D eigenvalue weighted by atomic mass is 9.81. The summed E-state index contributed by atoms with van der Waals surface area (Å²) in [6.45, 7) is 1.61. The minimum Gasteiger partial charge on any atom is -0.469 e. The van der Waals surface area contributed by atoms with Gasteiger partial charge in [-0.2, -0.15) is 0 Å². The quantitative estimate of drug-likeness (QED) is 0.822. The van der Waals surface area contributed by atoms with Crippen molar-refractivity contribution in [3.63, 3.8) is 0 Å². The fourth-order valence-electron chi connectivity index (χ4n) is 2.37. The summed E-state index contributed by atoms with van der Waals surface area (Å²) < 4.78 is 4.86. The molecule has 1 aliphatic rings. The highest BCUT2D eigenvalue weighted by Crippen LogP contribution is 2.31. The third-order valence-electron chi connectivity index (χ3n) is 3.28. The summed E-state index contributed by atoms with van der Waals surface area (Å²) in [5.74, 6) is -0.0203. The Kier molecular flexibility index (Phi) is 4.02. The van der Waals surface area contributed by atoms with E-state index >= 15 is 0 Å². The average molecular weight is 254 g/mol. The van der Waals surface area contributed by atoms with Gasteiger partial charge in [0.15, 0.2) is 0 Å². The highest BCUT2D eigenvalue weighted by molar-refractivity contribution is 6.30. The van der Waals surface area contributed by atoms with Gasteiger partial charge in [0, 0.05) is 11.6 Å². The van der Waals surface area contributed by atoms with Crippen LogP contribution in [0.25, 0.3) is 0 Å². The van der Waals surface area contributed by atoms with Crippen LogP contribution >= 0.6 is 11.6 Å². The molecule has 1 aliphatic heterocycles. The number of rotatable bonds is 2. The summed E-state index contributed by atoms with van der Waals surface area (Å²) in [7, 11) is 1.44. The van der Waals surface area contributed by atoms with E-state index in [0.29, 0.717) is 6.54 Å². The molecule has 0 aromatic heterocycles. The first-order chi connectivity index (χ1) is 8.22. The van der Waals surface area contributed by atoms with Gasteiger partial charge in [0.05, 0.1) is 13.0 Å². The van der Waals surface area contributed by atoms with Crippen LogP contribution in [0.5, 0.6) is 0 Å². The standard InChI is InChI=1S/C13H16ClNO2/c1-17-13(16)12-8-15-7-6-11(12)9-2-4-10(14)5-3-9/h2-5,11-12,15H,6-8H2,1H3. The molecule has 0 bridgehead atoms. The van der Waals surface area contributed by atoms with Gasteiger partial charge in [0.25, 0.3) is 0 Å². The van der Waals surface area contributed by atoms with Crippen LogP contribution in [-0.4, -0.2) is 26.2 Å². The van der Waals surface area contributed by atoms with Gasteiger partial charge in [0.1, 0.15) is 0 Å². The number of methoxy groups -OCH3 is 1. The topological polar surface area (TPSA) is 38.3 Å². The molecule has 1 aromatic rings. The van der Waals surface area contributed by atoms with E-state index in [2.05, 4.69) is 5.32 Å². The number of piperidine rings is 1. The van der Waals surface area contributed by atoms with Gasteiger partial charge in [-0.15, -0.1) is 0 Å². The van der Waals surface area contributed by atoms with E-state index in [9.17, 15) is 4.79 Å².